The van der Waals surface area contributed by atoms with Crippen LogP contribution in [0.15, 0.2) is 0 Å². The summed E-state index contributed by atoms with van der Waals surface area (Å²) in [6.45, 7) is 7.32. The average Bonchev–Trinajstić information content (AvgIpc) is 2.15. The quantitative estimate of drug-likeness (QED) is 0.788. The summed E-state index contributed by atoms with van der Waals surface area (Å²) in [5, 5.41) is 0. The number of piperidine rings is 1. The number of amides is 1. The Hall–Kier alpha value is -0.610. The number of hydrogen-bond acceptors (Lipinski definition) is 3. The predicted octanol–water partition coefficient (Wildman–Crippen LogP) is 1.14. The molecule has 4 heteroatoms. The van der Waals surface area contributed by atoms with Crippen LogP contribution in [0, 0.1) is 0 Å². The lowest BCUT2D eigenvalue weighted by Crippen LogP contribution is -2.51. The van der Waals surface area contributed by atoms with E-state index in [9.17, 15) is 4.79 Å². The van der Waals surface area contributed by atoms with Crippen LogP contribution in [-0.2, 0) is 9.53 Å². The minimum Gasteiger partial charge on any atom is -0.377 e. The van der Waals surface area contributed by atoms with Crippen molar-refractivity contribution in [1.29, 1.82) is 0 Å². The molecule has 2 N–H and O–H groups in total. The summed E-state index contributed by atoms with van der Waals surface area (Å²) in [4.78, 5) is 13.9. The molecule has 4 nitrogen and oxygen atoms in total. The van der Waals surface area contributed by atoms with Gasteiger partial charge in [-0.3, -0.25) is 4.79 Å². The number of hydrogen-bond donors (Lipinski definition) is 1. The van der Waals surface area contributed by atoms with Gasteiger partial charge in [-0.1, -0.05) is 0 Å². The molecule has 0 spiro atoms. The van der Waals surface area contributed by atoms with Crippen molar-refractivity contribution in [3.8, 4) is 0 Å². The lowest BCUT2D eigenvalue weighted by Gasteiger charge is -2.40. The first-order chi connectivity index (χ1) is 7.26. The lowest BCUT2D eigenvalue weighted by molar-refractivity contribution is -0.140. The molecule has 1 rings (SSSR count). The lowest BCUT2D eigenvalue weighted by atomic mass is 9.93. The minimum atomic E-state index is -0.433. The molecule has 0 aromatic rings. The molecule has 1 fully saturated rings. The molecular weight excluding hydrogens is 204 g/mol. The third-order valence-electron chi connectivity index (χ3n) is 3.11. The number of nitrogens with two attached hydrogens (primary N) is 1. The third kappa shape index (κ3) is 3.76. The molecular formula is C12H24N2O2. The van der Waals surface area contributed by atoms with E-state index in [4.69, 9.17) is 10.5 Å². The maximum absolute atomic E-state index is 12.0. The van der Waals surface area contributed by atoms with Gasteiger partial charge < -0.3 is 15.4 Å². The van der Waals surface area contributed by atoms with Gasteiger partial charge in [-0.2, -0.15) is 0 Å². The number of rotatable bonds is 3. The second-order valence-electron chi connectivity index (χ2n) is 5.74. The normalized spacial score (nSPS) is 26.9. The van der Waals surface area contributed by atoms with Gasteiger partial charge in [-0.05, 0) is 33.6 Å². The molecule has 1 atom stereocenters. The number of methoxy groups -OCH3 is 1. The fourth-order valence-corrected chi connectivity index (χ4v) is 2.09. The van der Waals surface area contributed by atoms with Crippen LogP contribution in [0.3, 0.4) is 0 Å². The van der Waals surface area contributed by atoms with Gasteiger partial charge in [0.25, 0.3) is 0 Å². The van der Waals surface area contributed by atoms with Gasteiger partial charge in [0.2, 0.25) is 5.91 Å². The van der Waals surface area contributed by atoms with Gasteiger partial charge >= 0.3 is 0 Å². The van der Waals surface area contributed by atoms with E-state index >= 15 is 0 Å². The molecule has 0 bridgehead atoms. The first-order valence-corrected chi connectivity index (χ1v) is 5.88. The van der Waals surface area contributed by atoms with Crippen molar-refractivity contribution in [1.82, 2.24) is 4.90 Å². The number of carbonyl (C=O) groups is 1. The Kier molecular flexibility index (Phi) is 3.97. The van der Waals surface area contributed by atoms with Gasteiger partial charge in [0.1, 0.15) is 0 Å². The maximum atomic E-state index is 12.0. The maximum Gasteiger partial charge on any atom is 0.224 e. The minimum absolute atomic E-state index is 0.135. The molecule has 0 saturated carbocycles. The topological polar surface area (TPSA) is 55.6 Å². The van der Waals surface area contributed by atoms with Crippen LogP contribution in [0.1, 0.15) is 40.0 Å². The number of carbonyl (C=O) groups excluding carboxylic acids is 1. The second kappa shape index (κ2) is 4.72. The molecule has 94 valence electrons. The molecule has 16 heavy (non-hydrogen) atoms. The van der Waals surface area contributed by atoms with E-state index in [1.807, 2.05) is 18.7 Å². The molecule has 0 aromatic heterocycles. The van der Waals surface area contributed by atoms with Gasteiger partial charge in [0, 0.05) is 32.2 Å². The van der Waals surface area contributed by atoms with Crippen molar-refractivity contribution >= 4 is 5.91 Å². The Morgan fingerprint density at radius 2 is 2.19 bits per heavy atom. The highest BCUT2D eigenvalue weighted by molar-refractivity contribution is 5.77. The zero-order chi connectivity index (χ0) is 12.4. The predicted molar refractivity (Wildman–Crippen MR) is 64.1 cm³/mol. The fraction of sp³-hybridized carbons (Fsp3) is 0.917. The van der Waals surface area contributed by atoms with Crippen LogP contribution >= 0.6 is 0 Å². The molecule has 0 aliphatic carbocycles. The Balaban J connectivity index is 2.57. The molecule has 0 aromatic carbocycles. The summed E-state index contributed by atoms with van der Waals surface area (Å²) in [6.07, 6.45) is 2.41. The second-order valence-corrected chi connectivity index (χ2v) is 5.74. The van der Waals surface area contributed by atoms with Crippen molar-refractivity contribution in [2.24, 2.45) is 5.73 Å². The van der Waals surface area contributed by atoms with Crippen LogP contribution < -0.4 is 5.73 Å². The van der Waals surface area contributed by atoms with Crippen molar-refractivity contribution in [3.05, 3.63) is 0 Å². The van der Waals surface area contributed by atoms with Crippen LogP contribution in [0.25, 0.3) is 0 Å². The van der Waals surface area contributed by atoms with E-state index in [2.05, 4.69) is 6.92 Å². The highest BCUT2D eigenvalue weighted by atomic mass is 16.5. The van der Waals surface area contributed by atoms with Gasteiger partial charge in [0.05, 0.1) is 5.60 Å². The zero-order valence-corrected chi connectivity index (χ0v) is 10.9. The monoisotopic (exact) mass is 228 g/mol. The van der Waals surface area contributed by atoms with Crippen LogP contribution in [0.2, 0.25) is 0 Å². The number of likely N-dealkylation sites (tertiary alicyclic amines) is 1. The van der Waals surface area contributed by atoms with Gasteiger partial charge in [-0.15, -0.1) is 0 Å². The number of ether oxygens (including phenoxy) is 1. The van der Waals surface area contributed by atoms with E-state index in [1.54, 1.807) is 7.11 Å². The zero-order valence-electron chi connectivity index (χ0n) is 10.9. The summed E-state index contributed by atoms with van der Waals surface area (Å²) in [5.41, 5.74) is 5.24. The van der Waals surface area contributed by atoms with Gasteiger partial charge in [-0.25, -0.2) is 0 Å². The van der Waals surface area contributed by atoms with E-state index < -0.39 is 5.54 Å². The first kappa shape index (κ1) is 13.5. The molecule has 1 heterocycles. The van der Waals surface area contributed by atoms with Crippen LogP contribution in [0.5, 0.6) is 0 Å². The molecule has 1 saturated heterocycles. The first-order valence-electron chi connectivity index (χ1n) is 5.88. The van der Waals surface area contributed by atoms with E-state index in [-0.39, 0.29) is 11.5 Å². The number of nitrogens with zero attached hydrogens (tertiary/aromatic N) is 1. The van der Waals surface area contributed by atoms with Crippen molar-refractivity contribution < 1.29 is 9.53 Å². The highest BCUT2D eigenvalue weighted by Gasteiger charge is 2.33. The molecule has 1 aliphatic heterocycles. The molecule has 0 radical (unpaired) electrons. The summed E-state index contributed by atoms with van der Waals surface area (Å²) in [6, 6.07) is 0. The summed E-state index contributed by atoms with van der Waals surface area (Å²) >= 11 is 0. The largest absolute Gasteiger partial charge is 0.377 e. The average molecular weight is 228 g/mol. The van der Waals surface area contributed by atoms with E-state index in [1.165, 1.54) is 0 Å². The van der Waals surface area contributed by atoms with E-state index in [0.29, 0.717) is 13.0 Å². The summed E-state index contributed by atoms with van der Waals surface area (Å²) in [5.74, 6) is 0.135. The van der Waals surface area contributed by atoms with E-state index in [0.717, 1.165) is 19.4 Å². The molecule has 1 unspecified atom stereocenters. The Bertz CT molecular complexity index is 260. The van der Waals surface area contributed by atoms with Crippen molar-refractivity contribution in [2.75, 3.05) is 20.2 Å². The Labute approximate surface area is 98.1 Å². The molecule has 1 aliphatic rings. The van der Waals surface area contributed by atoms with Crippen molar-refractivity contribution in [2.45, 2.75) is 51.2 Å². The summed E-state index contributed by atoms with van der Waals surface area (Å²) < 4.78 is 5.46. The Morgan fingerprint density at radius 1 is 1.56 bits per heavy atom. The highest BCUT2D eigenvalue weighted by Crippen LogP contribution is 2.24. The standard InChI is InChI=1S/C12H24N2O2/c1-11(2,13)8-10(15)14-7-5-6-12(3,9-14)16-4/h5-9,13H2,1-4H3. The van der Waals surface area contributed by atoms with Crippen LogP contribution in [-0.4, -0.2) is 42.1 Å². The smallest absolute Gasteiger partial charge is 0.224 e. The van der Waals surface area contributed by atoms with Crippen molar-refractivity contribution in [3.63, 3.8) is 0 Å². The molecule has 1 amide bonds. The third-order valence-corrected chi connectivity index (χ3v) is 3.11. The van der Waals surface area contributed by atoms with Crippen LogP contribution in [0.4, 0.5) is 0 Å². The SMILES string of the molecule is COC1(C)CCCN(C(=O)CC(C)(C)N)C1. The Morgan fingerprint density at radius 3 is 2.69 bits per heavy atom. The fourth-order valence-electron chi connectivity index (χ4n) is 2.09. The summed E-state index contributed by atoms with van der Waals surface area (Å²) in [7, 11) is 1.71. The van der Waals surface area contributed by atoms with Gasteiger partial charge in [0.15, 0.2) is 0 Å².